The van der Waals surface area contributed by atoms with E-state index in [9.17, 15) is 4.79 Å². The van der Waals surface area contributed by atoms with Crippen molar-refractivity contribution in [1.29, 1.82) is 0 Å². The number of rotatable bonds is 3. The summed E-state index contributed by atoms with van der Waals surface area (Å²) in [6.45, 7) is 0.708. The highest BCUT2D eigenvalue weighted by molar-refractivity contribution is 5.89. The molecule has 1 saturated heterocycles. The molecular weight excluding hydrogens is 272 g/mol. The largest absolute Gasteiger partial charge is 0.493 e. The fourth-order valence-corrected chi connectivity index (χ4v) is 3.29. The molecule has 1 aromatic heterocycles. The zero-order chi connectivity index (χ0) is 14.7. The maximum absolute atomic E-state index is 12.2. The Morgan fingerprint density at radius 3 is 3.05 bits per heavy atom. The molecule has 0 bridgehead atoms. The molecule has 0 radical (unpaired) electrons. The molecule has 1 aromatic rings. The molecule has 114 valence electrons. The van der Waals surface area contributed by atoms with Crippen LogP contribution in [0.3, 0.4) is 0 Å². The molecule has 2 heterocycles. The number of nitrogens with one attached hydrogen (secondary N) is 2. The summed E-state index contributed by atoms with van der Waals surface area (Å²) in [5.74, 6) is 0.801. The fourth-order valence-electron chi connectivity index (χ4n) is 3.29. The number of carbonyl (C=O) groups is 1. The van der Waals surface area contributed by atoms with E-state index in [0.29, 0.717) is 18.2 Å². The van der Waals surface area contributed by atoms with Gasteiger partial charge in [-0.1, -0.05) is 12.8 Å². The fraction of sp³-hybridized carbons (Fsp3) is 0.643. The smallest absolute Gasteiger partial charge is 0.320 e. The lowest BCUT2D eigenvalue weighted by molar-refractivity contribution is -0.00231. The Bertz CT molecular complexity index is 511. The van der Waals surface area contributed by atoms with Gasteiger partial charge in [0.15, 0.2) is 11.6 Å². The standard InChI is InChI=1S/C14H20N4O3/c1-20-10-4-8-15-18-12(10)17-13(19)16-11-5-9-21-14(11)6-2-3-7-14/h4,8,11H,2-3,5-7,9H2,1H3,(H2,16,17,18,19). The molecule has 1 atom stereocenters. The van der Waals surface area contributed by atoms with Crippen LogP contribution < -0.4 is 15.4 Å². The Morgan fingerprint density at radius 1 is 1.48 bits per heavy atom. The number of amides is 2. The van der Waals surface area contributed by atoms with Gasteiger partial charge in [0.2, 0.25) is 0 Å². The number of ether oxygens (including phenoxy) is 2. The highest BCUT2D eigenvalue weighted by Gasteiger charge is 2.46. The molecule has 1 spiro atoms. The van der Waals surface area contributed by atoms with Crippen molar-refractivity contribution in [3.8, 4) is 5.75 Å². The summed E-state index contributed by atoms with van der Waals surface area (Å²) in [6, 6.07) is 1.41. The van der Waals surface area contributed by atoms with E-state index in [1.165, 1.54) is 13.3 Å². The van der Waals surface area contributed by atoms with Crippen molar-refractivity contribution in [1.82, 2.24) is 15.5 Å². The summed E-state index contributed by atoms with van der Waals surface area (Å²) >= 11 is 0. The van der Waals surface area contributed by atoms with Crippen LogP contribution in [0.15, 0.2) is 12.3 Å². The first-order valence-corrected chi connectivity index (χ1v) is 7.31. The van der Waals surface area contributed by atoms with Gasteiger partial charge in [-0.3, -0.25) is 5.32 Å². The van der Waals surface area contributed by atoms with E-state index in [0.717, 1.165) is 32.1 Å². The van der Waals surface area contributed by atoms with Crippen LogP contribution in [0.1, 0.15) is 32.1 Å². The normalized spacial score (nSPS) is 23.2. The third kappa shape index (κ3) is 2.78. The Morgan fingerprint density at radius 2 is 2.29 bits per heavy atom. The predicted molar refractivity (Wildman–Crippen MR) is 76.3 cm³/mol. The van der Waals surface area contributed by atoms with Gasteiger partial charge < -0.3 is 14.8 Å². The summed E-state index contributed by atoms with van der Waals surface area (Å²) < 4.78 is 11.1. The quantitative estimate of drug-likeness (QED) is 0.885. The second-order valence-corrected chi connectivity index (χ2v) is 5.51. The van der Waals surface area contributed by atoms with Crippen molar-refractivity contribution in [2.45, 2.75) is 43.7 Å². The minimum Gasteiger partial charge on any atom is -0.493 e. The van der Waals surface area contributed by atoms with Crippen LogP contribution in [-0.2, 0) is 4.74 Å². The van der Waals surface area contributed by atoms with Gasteiger partial charge >= 0.3 is 6.03 Å². The molecule has 1 aliphatic carbocycles. The maximum atomic E-state index is 12.2. The van der Waals surface area contributed by atoms with Crippen molar-refractivity contribution < 1.29 is 14.3 Å². The van der Waals surface area contributed by atoms with Crippen LogP contribution in [0.2, 0.25) is 0 Å². The summed E-state index contributed by atoms with van der Waals surface area (Å²) in [6.07, 6.45) is 6.74. The molecular formula is C14H20N4O3. The van der Waals surface area contributed by atoms with Crippen LogP contribution in [-0.4, -0.2) is 41.6 Å². The summed E-state index contributed by atoms with van der Waals surface area (Å²) in [7, 11) is 1.53. The minimum absolute atomic E-state index is 0.0580. The number of urea groups is 1. The first-order valence-electron chi connectivity index (χ1n) is 7.31. The first-order chi connectivity index (χ1) is 10.2. The number of hydrogen-bond acceptors (Lipinski definition) is 5. The zero-order valence-electron chi connectivity index (χ0n) is 12.1. The van der Waals surface area contributed by atoms with Crippen LogP contribution in [0.4, 0.5) is 10.6 Å². The van der Waals surface area contributed by atoms with Gasteiger partial charge in [-0.25, -0.2) is 4.79 Å². The molecule has 7 heteroatoms. The van der Waals surface area contributed by atoms with Gasteiger partial charge in [-0.2, -0.15) is 5.10 Å². The molecule has 0 aromatic carbocycles. The van der Waals surface area contributed by atoms with Crippen molar-refractivity contribution in [2.24, 2.45) is 0 Å². The second kappa shape index (κ2) is 5.85. The van der Waals surface area contributed by atoms with E-state index >= 15 is 0 Å². The van der Waals surface area contributed by atoms with Gasteiger partial charge in [-0.05, 0) is 19.3 Å². The van der Waals surface area contributed by atoms with Gasteiger partial charge in [-0.15, -0.1) is 5.10 Å². The lowest BCUT2D eigenvalue weighted by atomic mass is 9.93. The second-order valence-electron chi connectivity index (χ2n) is 5.51. The lowest BCUT2D eigenvalue weighted by Gasteiger charge is -2.30. The van der Waals surface area contributed by atoms with Crippen LogP contribution in [0, 0.1) is 0 Å². The van der Waals surface area contributed by atoms with Gasteiger partial charge in [0.05, 0.1) is 24.9 Å². The Kier molecular flexibility index (Phi) is 3.92. The van der Waals surface area contributed by atoms with Gasteiger partial charge in [0, 0.05) is 12.7 Å². The minimum atomic E-state index is -0.296. The molecule has 7 nitrogen and oxygen atoms in total. The molecule has 21 heavy (non-hydrogen) atoms. The van der Waals surface area contributed by atoms with Crippen LogP contribution in [0.25, 0.3) is 0 Å². The summed E-state index contributed by atoms with van der Waals surface area (Å²) in [4.78, 5) is 12.2. The molecule has 2 fully saturated rings. The SMILES string of the molecule is COc1ccnnc1NC(=O)NC1CCOC12CCCC2. The maximum Gasteiger partial charge on any atom is 0.320 e. The number of methoxy groups -OCH3 is 1. The summed E-state index contributed by atoms with van der Waals surface area (Å²) in [5.41, 5.74) is -0.163. The van der Waals surface area contributed by atoms with Crippen LogP contribution >= 0.6 is 0 Å². The molecule has 2 N–H and O–H groups in total. The van der Waals surface area contributed by atoms with Crippen molar-refractivity contribution in [3.63, 3.8) is 0 Å². The molecule has 2 aliphatic rings. The van der Waals surface area contributed by atoms with Crippen molar-refractivity contribution in [2.75, 3.05) is 19.0 Å². The number of anilines is 1. The Hall–Kier alpha value is -1.89. The van der Waals surface area contributed by atoms with E-state index in [-0.39, 0.29) is 17.7 Å². The van der Waals surface area contributed by atoms with E-state index in [1.54, 1.807) is 6.07 Å². The van der Waals surface area contributed by atoms with E-state index in [1.807, 2.05) is 0 Å². The number of aromatic nitrogens is 2. The molecule has 3 rings (SSSR count). The third-order valence-corrected chi connectivity index (χ3v) is 4.32. The number of nitrogens with zero attached hydrogens (tertiary/aromatic N) is 2. The average Bonchev–Trinajstić information content (AvgIpc) is 3.11. The van der Waals surface area contributed by atoms with E-state index in [4.69, 9.17) is 9.47 Å². The molecule has 2 amide bonds. The summed E-state index contributed by atoms with van der Waals surface area (Å²) in [5, 5.41) is 13.3. The van der Waals surface area contributed by atoms with Crippen LogP contribution in [0.5, 0.6) is 5.75 Å². The number of hydrogen-bond donors (Lipinski definition) is 2. The highest BCUT2D eigenvalue weighted by Crippen LogP contribution is 2.41. The zero-order valence-corrected chi connectivity index (χ0v) is 12.1. The van der Waals surface area contributed by atoms with Crippen molar-refractivity contribution >= 4 is 11.8 Å². The molecule has 1 unspecified atom stereocenters. The first kappa shape index (κ1) is 14.1. The predicted octanol–water partition coefficient (Wildman–Crippen LogP) is 1.71. The average molecular weight is 292 g/mol. The molecule has 1 saturated carbocycles. The lowest BCUT2D eigenvalue weighted by Crippen LogP contribution is -2.49. The third-order valence-electron chi connectivity index (χ3n) is 4.32. The highest BCUT2D eigenvalue weighted by atomic mass is 16.5. The Balaban J connectivity index is 1.64. The van der Waals surface area contributed by atoms with E-state index in [2.05, 4.69) is 20.8 Å². The van der Waals surface area contributed by atoms with Gasteiger partial charge in [0.1, 0.15) is 0 Å². The Labute approximate surface area is 123 Å². The molecule has 1 aliphatic heterocycles. The monoisotopic (exact) mass is 292 g/mol. The van der Waals surface area contributed by atoms with Gasteiger partial charge in [0.25, 0.3) is 0 Å². The topological polar surface area (TPSA) is 85.4 Å². The number of carbonyl (C=O) groups excluding carboxylic acids is 1. The van der Waals surface area contributed by atoms with Crippen molar-refractivity contribution in [3.05, 3.63) is 12.3 Å². The van der Waals surface area contributed by atoms with E-state index < -0.39 is 0 Å².